The number of amides is 2. The third-order valence-electron chi connectivity index (χ3n) is 7.28. The summed E-state index contributed by atoms with van der Waals surface area (Å²) in [6, 6.07) is 27.8. The topological polar surface area (TPSA) is 43.9 Å². The minimum Gasteiger partial charge on any atom is -0.366 e. The van der Waals surface area contributed by atoms with E-state index in [1.807, 2.05) is 47.4 Å². The van der Waals surface area contributed by atoms with Crippen LogP contribution in [-0.2, 0) is 11.3 Å². The zero-order valence-electron chi connectivity index (χ0n) is 22.2. The van der Waals surface area contributed by atoms with E-state index in [2.05, 4.69) is 0 Å². The van der Waals surface area contributed by atoms with Crippen LogP contribution in [0.15, 0.2) is 107 Å². The van der Waals surface area contributed by atoms with Gasteiger partial charge < -0.3 is 14.7 Å². The number of hydrogen-bond acceptors (Lipinski definition) is 4. The highest BCUT2D eigenvalue weighted by Gasteiger charge is 2.31. The van der Waals surface area contributed by atoms with Crippen LogP contribution in [0.3, 0.4) is 0 Å². The summed E-state index contributed by atoms with van der Waals surface area (Å²) >= 11 is 1.37. The van der Waals surface area contributed by atoms with Gasteiger partial charge in [0.1, 0.15) is 11.6 Å². The van der Waals surface area contributed by atoms with Crippen LogP contribution in [0, 0.1) is 11.6 Å². The lowest BCUT2D eigenvalue weighted by atomic mass is 10.1. The first-order valence-corrected chi connectivity index (χ1v) is 14.2. The van der Waals surface area contributed by atoms with Gasteiger partial charge in [-0.05, 0) is 59.7 Å². The zero-order valence-corrected chi connectivity index (χ0v) is 23.0. The van der Waals surface area contributed by atoms with Crippen molar-refractivity contribution in [1.29, 1.82) is 0 Å². The van der Waals surface area contributed by atoms with Crippen molar-refractivity contribution >= 4 is 41.0 Å². The minimum atomic E-state index is -0.345. The van der Waals surface area contributed by atoms with Crippen LogP contribution in [0.2, 0.25) is 0 Å². The van der Waals surface area contributed by atoms with Gasteiger partial charge in [0.25, 0.3) is 11.8 Å². The van der Waals surface area contributed by atoms with Crippen LogP contribution in [0.25, 0.3) is 6.08 Å². The van der Waals surface area contributed by atoms with Gasteiger partial charge >= 0.3 is 0 Å². The Morgan fingerprint density at radius 3 is 2.24 bits per heavy atom. The van der Waals surface area contributed by atoms with Crippen molar-refractivity contribution in [3.8, 4) is 0 Å². The molecule has 0 aliphatic carbocycles. The fraction of sp³-hybridized carbons (Fsp3) is 0.152. The van der Waals surface area contributed by atoms with Gasteiger partial charge in [0, 0.05) is 36.6 Å². The van der Waals surface area contributed by atoms with E-state index in [9.17, 15) is 18.4 Å². The molecule has 0 bridgehead atoms. The summed E-state index contributed by atoms with van der Waals surface area (Å²) in [5, 5.41) is 0. The SMILES string of the molecule is O=C(c1ccc2c(c1)N(Cc1ccc(F)cc1)C(=O)C(=Cc1ccccc1)S2)N1CCN(c2ccccc2F)CC1. The van der Waals surface area contributed by atoms with Crippen molar-refractivity contribution in [2.45, 2.75) is 11.4 Å². The molecule has 8 heteroatoms. The van der Waals surface area contributed by atoms with Crippen LogP contribution in [-0.4, -0.2) is 42.9 Å². The molecule has 2 heterocycles. The lowest BCUT2D eigenvalue weighted by Crippen LogP contribution is -2.49. The number of para-hydroxylation sites is 1. The molecule has 2 aliphatic heterocycles. The second-order valence-electron chi connectivity index (χ2n) is 9.95. The normalized spacial score (nSPS) is 16.2. The molecule has 0 unspecified atom stereocenters. The van der Waals surface area contributed by atoms with Gasteiger partial charge in [-0.1, -0.05) is 66.4 Å². The molecule has 206 valence electrons. The molecular weight excluding hydrogens is 540 g/mol. The molecule has 0 N–H and O–H groups in total. The molecule has 4 aromatic rings. The van der Waals surface area contributed by atoms with Crippen molar-refractivity contribution in [3.05, 3.63) is 130 Å². The van der Waals surface area contributed by atoms with E-state index in [-0.39, 0.29) is 30.0 Å². The number of carbonyl (C=O) groups excluding carboxylic acids is 2. The number of rotatable bonds is 5. The summed E-state index contributed by atoms with van der Waals surface area (Å²) in [6.07, 6.45) is 1.86. The first-order valence-electron chi connectivity index (χ1n) is 13.4. The number of halogens is 2. The summed E-state index contributed by atoms with van der Waals surface area (Å²) in [5.74, 6) is -0.932. The number of carbonyl (C=O) groups is 2. The van der Waals surface area contributed by atoms with Crippen LogP contribution in [0.4, 0.5) is 20.2 Å². The van der Waals surface area contributed by atoms with Crippen molar-refractivity contribution in [2.75, 3.05) is 36.0 Å². The Morgan fingerprint density at radius 2 is 1.51 bits per heavy atom. The second kappa shape index (κ2) is 11.6. The smallest absolute Gasteiger partial charge is 0.265 e. The lowest BCUT2D eigenvalue weighted by molar-refractivity contribution is -0.114. The monoisotopic (exact) mass is 567 g/mol. The van der Waals surface area contributed by atoms with Crippen LogP contribution in [0.1, 0.15) is 21.5 Å². The quantitative estimate of drug-likeness (QED) is 0.255. The van der Waals surface area contributed by atoms with Gasteiger partial charge in [-0.2, -0.15) is 0 Å². The Morgan fingerprint density at radius 1 is 0.805 bits per heavy atom. The van der Waals surface area contributed by atoms with E-state index in [4.69, 9.17) is 0 Å². The first kappa shape index (κ1) is 26.8. The summed E-state index contributed by atoms with van der Waals surface area (Å²) in [4.78, 5) is 34.1. The van der Waals surface area contributed by atoms with E-state index in [1.165, 1.54) is 30.0 Å². The molecule has 6 rings (SSSR count). The van der Waals surface area contributed by atoms with Crippen LogP contribution in [0.5, 0.6) is 0 Å². The van der Waals surface area contributed by atoms with Gasteiger partial charge in [0.2, 0.25) is 0 Å². The van der Waals surface area contributed by atoms with Gasteiger partial charge in [0.15, 0.2) is 0 Å². The first-order chi connectivity index (χ1) is 20.0. The van der Waals surface area contributed by atoms with Gasteiger partial charge in [-0.25, -0.2) is 8.78 Å². The molecule has 41 heavy (non-hydrogen) atoms. The van der Waals surface area contributed by atoms with Gasteiger partial charge in [-0.3, -0.25) is 9.59 Å². The predicted octanol–water partition coefficient (Wildman–Crippen LogP) is 6.61. The number of nitrogens with zero attached hydrogens (tertiary/aromatic N) is 3. The van der Waals surface area contributed by atoms with E-state index in [0.29, 0.717) is 48.0 Å². The van der Waals surface area contributed by atoms with Gasteiger partial charge in [-0.15, -0.1) is 0 Å². The molecule has 0 radical (unpaired) electrons. The van der Waals surface area contributed by atoms with Crippen molar-refractivity contribution < 1.29 is 18.4 Å². The van der Waals surface area contributed by atoms with Crippen LogP contribution < -0.4 is 9.80 Å². The number of fused-ring (bicyclic) bond motifs is 1. The highest BCUT2D eigenvalue weighted by atomic mass is 32.2. The molecule has 0 atom stereocenters. The number of hydrogen-bond donors (Lipinski definition) is 0. The van der Waals surface area contributed by atoms with Crippen LogP contribution >= 0.6 is 11.8 Å². The fourth-order valence-corrected chi connectivity index (χ4v) is 6.15. The second-order valence-corrected chi connectivity index (χ2v) is 11.0. The summed E-state index contributed by atoms with van der Waals surface area (Å²) < 4.78 is 27.9. The zero-order chi connectivity index (χ0) is 28.3. The highest BCUT2D eigenvalue weighted by molar-refractivity contribution is 8.04. The average molecular weight is 568 g/mol. The largest absolute Gasteiger partial charge is 0.366 e. The Labute approximate surface area is 241 Å². The Hall–Kier alpha value is -4.43. The summed E-state index contributed by atoms with van der Waals surface area (Å²) in [6.45, 7) is 2.20. The summed E-state index contributed by atoms with van der Waals surface area (Å²) in [7, 11) is 0. The number of anilines is 2. The maximum absolute atomic E-state index is 14.3. The molecule has 0 aromatic heterocycles. The Balaban J connectivity index is 1.27. The Bertz CT molecular complexity index is 1620. The molecule has 4 aromatic carbocycles. The Kier molecular flexibility index (Phi) is 7.57. The van der Waals surface area contributed by atoms with E-state index < -0.39 is 0 Å². The highest BCUT2D eigenvalue weighted by Crippen LogP contribution is 2.43. The van der Waals surface area contributed by atoms with Gasteiger partial charge in [0.05, 0.1) is 22.8 Å². The molecule has 2 amide bonds. The average Bonchev–Trinajstić information content (AvgIpc) is 3.00. The molecule has 5 nitrogen and oxygen atoms in total. The van der Waals surface area contributed by atoms with E-state index in [1.54, 1.807) is 52.3 Å². The number of benzene rings is 4. The minimum absolute atomic E-state index is 0.134. The number of thioether (sulfide) groups is 1. The summed E-state index contributed by atoms with van der Waals surface area (Å²) in [5.41, 5.74) is 3.36. The third kappa shape index (κ3) is 5.74. The van der Waals surface area contributed by atoms with Crippen molar-refractivity contribution in [2.24, 2.45) is 0 Å². The fourth-order valence-electron chi connectivity index (χ4n) is 5.11. The van der Waals surface area contributed by atoms with E-state index >= 15 is 0 Å². The molecule has 1 saturated heterocycles. The molecule has 2 aliphatic rings. The van der Waals surface area contributed by atoms with E-state index in [0.717, 1.165) is 16.0 Å². The van der Waals surface area contributed by atoms with Crippen molar-refractivity contribution in [3.63, 3.8) is 0 Å². The maximum atomic E-state index is 14.3. The standard InChI is InChI=1S/C33H27F2N3O2S/c34-26-13-10-24(11-14-26)22-38-29-21-25(12-15-30(29)41-31(33(38)40)20-23-6-2-1-3-7-23)32(39)37-18-16-36(17-19-37)28-9-5-4-8-27(28)35/h1-15,20-21H,16-19,22H2. The maximum Gasteiger partial charge on any atom is 0.265 e. The predicted molar refractivity (Wildman–Crippen MR) is 159 cm³/mol. The molecule has 0 spiro atoms. The molecule has 0 saturated carbocycles. The van der Waals surface area contributed by atoms with Crippen molar-refractivity contribution in [1.82, 2.24) is 4.90 Å². The number of piperazine rings is 1. The molecular formula is C33H27F2N3O2S. The third-order valence-corrected chi connectivity index (χ3v) is 8.36. The lowest BCUT2D eigenvalue weighted by Gasteiger charge is -2.36. The molecule has 1 fully saturated rings.